The molecule has 0 unspecified atom stereocenters. The van der Waals surface area contributed by atoms with Gasteiger partial charge in [0, 0.05) is 12.7 Å². The van der Waals surface area contributed by atoms with Gasteiger partial charge in [-0.05, 0) is 28.8 Å². The van der Waals surface area contributed by atoms with Gasteiger partial charge in [-0.15, -0.1) is 0 Å². The highest BCUT2D eigenvalue weighted by atomic mass is 16.5. The van der Waals surface area contributed by atoms with Crippen molar-refractivity contribution in [1.29, 1.82) is 0 Å². The van der Waals surface area contributed by atoms with Crippen LogP contribution in [0.15, 0.2) is 42.5 Å². The maximum atomic E-state index is 11.5. The number of hydrogen-bond acceptors (Lipinski definition) is 4. The van der Waals surface area contributed by atoms with Crippen molar-refractivity contribution in [1.82, 2.24) is 0 Å². The number of fused-ring (bicyclic) bond motifs is 2. The van der Waals surface area contributed by atoms with Gasteiger partial charge < -0.3 is 14.2 Å². The molecule has 3 rings (SSSR count). The van der Waals surface area contributed by atoms with Crippen molar-refractivity contribution in [2.45, 2.75) is 19.1 Å². The minimum Gasteiger partial charge on any atom is -0.488 e. The summed E-state index contributed by atoms with van der Waals surface area (Å²) in [4.78, 5) is 11.5. The van der Waals surface area contributed by atoms with Gasteiger partial charge in [-0.1, -0.05) is 30.3 Å². The number of rotatable bonds is 3. The molecule has 0 saturated heterocycles. The van der Waals surface area contributed by atoms with Crippen molar-refractivity contribution in [2.75, 3.05) is 14.2 Å². The number of esters is 1. The quantitative estimate of drug-likeness (QED) is 0.817. The molecule has 0 N–H and O–H groups in total. The second-order valence-electron chi connectivity index (χ2n) is 5.23. The van der Waals surface area contributed by atoms with Crippen LogP contribution in [0.25, 0.3) is 0 Å². The van der Waals surface area contributed by atoms with Gasteiger partial charge in [-0.3, -0.25) is 4.79 Å². The summed E-state index contributed by atoms with van der Waals surface area (Å²) >= 11 is 0. The lowest BCUT2D eigenvalue weighted by Gasteiger charge is -2.18. The Morgan fingerprint density at radius 2 is 2.00 bits per heavy atom. The van der Waals surface area contributed by atoms with E-state index in [4.69, 9.17) is 14.2 Å². The average molecular weight is 298 g/mol. The van der Waals surface area contributed by atoms with E-state index in [1.165, 1.54) is 7.11 Å². The fourth-order valence-corrected chi connectivity index (χ4v) is 2.78. The number of methoxy groups -OCH3 is 2. The Hall–Kier alpha value is -2.33. The Balaban J connectivity index is 2.04. The number of carbonyl (C=O) groups excluding carboxylic acids is 1. The van der Waals surface area contributed by atoms with E-state index in [0.717, 1.165) is 28.0 Å². The maximum absolute atomic E-state index is 11.5. The minimum atomic E-state index is -0.260. The van der Waals surface area contributed by atoms with Crippen molar-refractivity contribution >= 4 is 5.97 Å². The van der Waals surface area contributed by atoms with Crippen LogP contribution in [0.2, 0.25) is 0 Å². The van der Waals surface area contributed by atoms with Crippen LogP contribution in [-0.2, 0) is 27.3 Å². The van der Waals surface area contributed by atoms with E-state index in [-0.39, 0.29) is 18.5 Å². The van der Waals surface area contributed by atoms with Crippen LogP contribution >= 0.6 is 0 Å². The minimum absolute atomic E-state index is 0.203. The highest BCUT2D eigenvalue weighted by molar-refractivity contribution is 5.72. The van der Waals surface area contributed by atoms with Gasteiger partial charge in [0.25, 0.3) is 0 Å². The van der Waals surface area contributed by atoms with E-state index in [1.54, 1.807) is 7.11 Å². The van der Waals surface area contributed by atoms with Crippen molar-refractivity contribution in [3.8, 4) is 5.75 Å². The molecule has 4 nitrogen and oxygen atoms in total. The van der Waals surface area contributed by atoms with Gasteiger partial charge in [0.1, 0.15) is 18.5 Å². The molecule has 2 aromatic carbocycles. The molecule has 0 saturated carbocycles. The first-order valence-corrected chi connectivity index (χ1v) is 7.16. The maximum Gasteiger partial charge on any atom is 0.309 e. The summed E-state index contributed by atoms with van der Waals surface area (Å²) in [5.74, 6) is 0.528. The molecule has 1 aliphatic rings. The third kappa shape index (κ3) is 2.70. The molecule has 1 heterocycles. The molecule has 2 aromatic rings. The van der Waals surface area contributed by atoms with Gasteiger partial charge in [-0.2, -0.15) is 0 Å². The molecule has 114 valence electrons. The van der Waals surface area contributed by atoms with E-state index in [0.29, 0.717) is 6.61 Å². The first kappa shape index (κ1) is 14.6. The summed E-state index contributed by atoms with van der Waals surface area (Å²) < 4.78 is 16.3. The van der Waals surface area contributed by atoms with Crippen LogP contribution in [-0.4, -0.2) is 20.2 Å². The van der Waals surface area contributed by atoms with E-state index in [2.05, 4.69) is 6.07 Å². The van der Waals surface area contributed by atoms with Crippen LogP contribution in [0.1, 0.15) is 28.4 Å². The first-order valence-electron chi connectivity index (χ1n) is 7.16. The number of carbonyl (C=O) groups is 1. The molecule has 1 aliphatic heterocycles. The molecule has 0 aliphatic carbocycles. The summed E-state index contributed by atoms with van der Waals surface area (Å²) in [7, 11) is 3.08. The van der Waals surface area contributed by atoms with Gasteiger partial charge in [0.05, 0.1) is 13.5 Å². The van der Waals surface area contributed by atoms with Gasteiger partial charge in [0.15, 0.2) is 0 Å². The molecule has 22 heavy (non-hydrogen) atoms. The average Bonchev–Trinajstić information content (AvgIpc) is 2.70. The lowest BCUT2D eigenvalue weighted by Crippen LogP contribution is -2.08. The van der Waals surface area contributed by atoms with Gasteiger partial charge in [0.2, 0.25) is 0 Å². The second-order valence-corrected chi connectivity index (χ2v) is 5.23. The molecule has 1 atom stereocenters. The van der Waals surface area contributed by atoms with Crippen LogP contribution in [0.5, 0.6) is 5.75 Å². The summed E-state index contributed by atoms with van der Waals surface area (Å²) in [5.41, 5.74) is 4.03. The van der Waals surface area contributed by atoms with Crippen LogP contribution in [0.3, 0.4) is 0 Å². The lowest BCUT2D eigenvalue weighted by atomic mass is 9.95. The van der Waals surface area contributed by atoms with Crippen LogP contribution < -0.4 is 4.74 Å². The largest absolute Gasteiger partial charge is 0.488 e. The van der Waals surface area contributed by atoms with E-state index in [1.807, 2.05) is 36.4 Å². The van der Waals surface area contributed by atoms with Crippen LogP contribution in [0.4, 0.5) is 0 Å². The van der Waals surface area contributed by atoms with Crippen molar-refractivity contribution in [3.05, 3.63) is 64.7 Å². The normalized spacial score (nSPS) is 16.0. The molecular formula is C18H18O4. The van der Waals surface area contributed by atoms with E-state index >= 15 is 0 Å². The van der Waals surface area contributed by atoms with Gasteiger partial charge >= 0.3 is 5.97 Å². The van der Waals surface area contributed by atoms with E-state index < -0.39 is 0 Å². The Kier molecular flexibility index (Phi) is 4.11. The Morgan fingerprint density at radius 1 is 1.18 bits per heavy atom. The first-order chi connectivity index (χ1) is 10.7. The molecule has 0 fully saturated rings. The predicted molar refractivity (Wildman–Crippen MR) is 81.8 cm³/mol. The topological polar surface area (TPSA) is 44.8 Å². The predicted octanol–water partition coefficient (Wildman–Crippen LogP) is 3.03. The van der Waals surface area contributed by atoms with Crippen molar-refractivity contribution in [3.63, 3.8) is 0 Å². The zero-order chi connectivity index (χ0) is 15.5. The molecule has 0 bridgehead atoms. The van der Waals surface area contributed by atoms with Crippen LogP contribution in [0, 0.1) is 0 Å². The second kappa shape index (κ2) is 6.20. The standard InChI is InChI=1S/C18H18O4/c1-20-17(19)10-12-7-8-16-15(9-12)18(21-2)14-6-4-3-5-13(14)11-22-16/h3-9,18H,10-11H2,1-2H3/t18-/m1/s1. The molecule has 0 spiro atoms. The molecule has 0 aromatic heterocycles. The highest BCUT2D eigenvalue weighted by Crippen LogP contribution is 2.38. The molecular weight excluding hydrogens is 280 g/mol. The molecule has 0 radical (unpaired) electrons. The Morgan fingerprint density at radius 3 is 2.77 bits per heavy atom. The smallest absolute Gasteiger partial charge is 0.309 e. The monoisotopic (exact) mass is 298 g/mol. The third-order valence-electron chi connectivity index (χ3n) is 3.89. The van der Waals surface area contributed by atoms with Crippen molar-refractivity contribution in [2.24, 2.45) is 0 Å². The summed E-state index contributed by atoms with van der Waals surface area (Å²) in [6.07, 6.45) is 0.0355. The zero-order valence-electron chi connectivity index (χ0n) is 12.7. The highest BCUT2D eigenvalue weighted by Gasteiger charge is 2.24. The third-order valence-corrected chi connectivity index (χ3v) is 3.89. The summed E-state index contributed by atoms with van der Waals surface area (Å²) in [5, 5.41) is 0. The molecule has 0 amide bonds. The number of hydrogen-bond donors (Lipinski definition) is 0. The SMILES string of the molecule is COC(=O)Cc1ccc2c(c1)[C@H](OC)c1ccccc1CO2. The summed E-state index contributed by atoms with van der Waals surface area (Å²) in [6, 6.07) is 13.8. The fourth-order valence-electron chi connectivity index (χ4n) is 2.78. The zero-order valence-corrected chi connectivity index (χ0v) is 12.7. The number of benzene rings is 2. The molecule has 4 heteroatoms. The number of ether oxygens (including phenoxy) is 3. The summed E-state index contributed by atoms with van der Waals surface area (Å²) in [6.45, 7) is 0.513. The lowest BCUT2D eigenvalue weighted by molar-refractivity contribution is -0.139. The van der Waals surface area contributed by atoms with Gasteiger partial charge in [-0.25, -0.2) is 0 Å². The fraction of sp³-hybridized carbons (Fsp3) is 0.278. The van der Waals surface area contributed by atoms with E-state index in [9.17, 15) is 4.79 Å². The Labute approximate surface area is 129 Å². The van der Waals surface area contributed by atoms with Crippen molar-refractivity contribution < 1.29 is 19.0 Å². The Bertz CT molecular complexity index is 693.